The molecule has 0 heterocycles. The molecule has 0 bridgehead atoms. The van der Waals surface area contributed by atoms with E-state index in [2.05, 4.69) is 5.32 Å². The van der Waals surface area contributed by atoms with Gasteiger partial charge in [-0.05, 0) is 58.6 Å². The van der Waals surface area contributed by atoms with Gasteiger partial charge in [0, 0.05) is 17.4 Å². The van der Waals surface area contributed by atoms with Crippen molar-refractivity contribution in [2.45, 2.75) is 60.0 Å². The van der Waals surface area contributed by atoms with Gasteiger partial charge in [-0.25, -0.2) is 4.79 Å². The lowest BCUT2D eigenvalue weighted by Crippen LogP contribution is -2.33. The Kier molecular flexibility index (Phi) is 9.22. The van der Waals surface area contributed by atoms with Crippen LogP contribution in [-0.4, -0.2) is 29.7 Å². The summed E-state index contributed by atoms with van der Waals surface area (Å²) in [4.78, 5) is 22.0. The molecule has 0 fully saturated rings. The van der Waals surface area contributed by atoms with E-state index in [0.29, 0.717) is 6.54 Å². The van der Waals surface area contributed by atoms with Crippen LogP contribution in [0.5, 0.6) is 0 Å². The second-order valence-electron chi connectivity index (χ2n) is 6.64. The summed E-state index contributed by atoms with van der Waals surface area (Å²) in [5, 5.41) is 13.3. The highest BCUT2D eigenvalue weighted by Crippen LogP contribution is 2.19. The molecule has 1 amide bonds. The number of hydrogen-bond donors (Lipinski definition) is 1. The van der Waals surface area contributed by atoms with Gasteiger partial charge in [0.1, 0.15) is 5.60 Å². The van der Waals surface area contributed by atoms with Gasteiger partial charge >= 0.3 is 6.09 Å². The molecule has 0 aromatic rings. The third-order valence-corrected chi connectivity index (χ3v) is 3.30. The molecule has 0 aromatic heterocycles. The second kappa shape index (κ2) is 10.0. The molecule has 0 aromatic carbocycles. The van der Waals surface area contributed by atoms with Crippen LogP contribution in [0.4, 0.5) is 4.79 Å². The highest BCUT2D eigenvalue weighted by molar-refractivity contribution is 5.68. The molecule has 23 heavy (non-hydrogen) atoms. The van der Waals surface area contributed by atoms with Crippen LogP contribution < -0.4 is 5.32 Å². The minimum atomic E-state index is -0.526. The van der Waals surface area contributed by atoms with E-state index in [0.717, 1.165) is 24.0 Å². The Labute approximate surface area is 139 Å². The van der Waals surface area contributed by atoms with Crippen molar-refractivity contribution in [2.24, 2.45) is 5.92 Å². The summed E-state index contributed by atoms with van der Waals surface area (Å²) in [5.74, 6) is 0.0249. The maximum atomic E-state index is 11.7. The molecule has 1 N–H and O–H groups in total. The molecule has 0 saturated carbocycles. The molecule has 0 saturated heterocycles. The average Bonchev–Trinajstić information content (AvgIpc) is 2.39. The SMILES string of the molecule is C/C=C(CCC(C)C[N+](=O)[O-])\C(=C/C)CNC(=O)OC(C)(C)C. The normalized spacial score (nSPS) is 14.3. The fraction of sp³-hybridized carbons (Fsp3) is 0.706. The standard InChI is InChI=1S/C17H30N2O4/c1-7-14(10-9-13(3)12-19(21)22)15(8-2)11-18-16(20)23-17(4,5)6/h7-8,13H,9-12H2,1-6H3,(H,18,20)/b14-7-,15-8-. The summed E-state index contributed by atoms with van der Waals surface area (Å²) in [6, 6.07) is 0. The molecular weight excluding hydrogens is 296 g/mol. The summed E-state index contributed by atoms with van der Waals surface area (Å²) in [6.07, 6.45) is 4.98. The van der Waals surface area contributed by atoms with Crippen molar-refractivity contribution in [3.05, 3.63) is 33.4 Å². The number of allylic oxidation sites excluding steroid dienone is 2. The van der Waals surface area contributed by atoms with Gasteiger partial charge < -0.3 is 10.1 Å². The highest BCUT2D eigenvalue weighted by atomic mass is 16.6. The Bertz CT molecular complexity index is 462. The molecule has 0 radical (unpaired) electrons. The first-order valence-electron chi connectivity index (χ1n) is 7.98. The van der Waals surface area contributed by atoms with Gasteiger partial charge in [-0.1, -0.05) is 19.1 Å². The summed E-state index contributed by atoms with van der Waals surface area (Å²) >= 11 is 0. The number of hydrogen-bond acceptors (Lipinski definition) is 4. The molecule has 1 atom stereocenters. The molecule has 0 aliphatic heterocycles. The number of nitrogens with zero attached hydrogens (tertiary/aromatic N) is 1. The maximum absolute atomic E-state index is 11.7. The lowest BCUT2D eigenvalue weighted by Gasteiger charge is -2.20. The van der Waals surface area contributed by atoms with Crippen LogP contribution >= 0.6 is 0 Å². The van der Waals surface area contributed by atoms with Gasteiger partial charge in [0.05, 0.1) is 0 Å². The molecule has 6 heteroatoms. The predicted molar refractivity (Wildman–Crippen MR) is 92.0 cm³/mol. The third-order valence-electron chi connectivity index (χ3n) is 3.30. The van der Waals surface area contributed by atoms with Crippen LogP contribution in [0, 0.1) is 16.0 Å². The molecule has 1 unspecified atom stereocenters. The lowest BCUT2D eigenvalue weighted by molar-refractivity contribution is -0.487. The van der Waals surface area contributed by atoms with Crippen molar-refractivity contribution < 1.29 is 14.5 Å². The minimum Gasteiger partial charge on any atom is -0.444 e. The van der Waals surface area contributed by atoms with Crippen molar-refractivity contribution in [3.63, 3.8) is 0 Å². The quantitative estimate of drug-likeness (QED) is 0.413. The van der Waals surface area contributed by atoms with Crippen molar-refractivity contribution >= 4 is 6.09 Å². The Morgan fingerprint density at radius 3 is 2.26 bits per heavy atom. The van der Waals surface area contributed by atoms with E-state index in [1.807, 2.05) is 53.7 Å². The topological polar surface area (TPSA) is 81.5 Å². The zero-order valence-corrected chi connectivity index (χ0v) is 15.1. The summed E-state index contributed by atoms with van der Waals surface area (Å²) in [5.41, 5.74) is 1.58. The van der Waals surface area contributed by atoms with Gasteiger partial charge in [-0.2, -0.15) is 0 Å². The zero-order valence-electron chi connectivity index (χ0n) is 15.1. The first-order chi connectivity index (χ1) is 10.6. The van der Waals surface area contributed by atoms with Crippen LogP contribution in [0.3, 0.4) is 0 Å². The first kappa shape index (κ1) is 21.1. The number of alkyl carbamates (subject to hydrolysis) is 1. The molecule has 0 aliphatic rings. The van der Waals surface area contributed by atoms with Crippen LogP contribution in [-0.2, 0) is 4.74 Å². The van der Waals surface area contributed by atoms with Crippen molar-refractivity contribution in [1.29, 1.82) is 0 Å². The smallest absolute Gasteiger partial charge is 0.407 e. The van der Waals surface area contributed by atoms with E-state index in [-0.39, 0.29) is 17.4 Å². The summed E-state index contributed by atoms with van der Waals surface area (Å²) in [6.45, 7) is 11.5. The van der Waals surface area contributed by atoms with E-state index in [9.17, 15) is 14.9 Å². The zero-order chi connectivity index (χ0) is 18.0. The van der Waals surface area contributed by atoms with Crippen LogP contribution in [0.2, 0.25) is 0 Å². The molecule has 0 spiro atoms. The Balaban J connectivity index is 4.51. The maximum Gasteiger partial charge on any atom is 0.407 e. The molecule has 132 valence electrons. The predicted octanol–water partition coefficient (Wildman–Crippen LogP) is 4.10. The van der Waals surface area contributed by atoms with E-state index in [4.69, 9.17) is 4.74 Å². The number of amides is 1. The van der Waals surface area contributed by atoms with Crippen LogP contribution in [0.25, 0.3) is 0 Å². The fourth-order valence-corrected chi connectivity index (χ4v) is 2.12. The summed E-state index contributed by atoms with van der Waals surface area (Å²) < 4.78 is 5.22. The molecular formula is C17H30N2O4. The monoisotopic (exact) mass is 326 g/mol. The Morgan fingerprint density at radius 2 is 1.83 bits per heavy atom. The minimum absolute atomic E-state index is 0.0156. The van der Waals surface area contributed by atoms with Gasteiger partial charge in [-0.3, -0.25) is 10.1 Å². The van der Waals surface area contributed by atoms with Gasteiger partial charge in [0.25, 0.3) is 0 Å². The highest BCUT2D eigenvalue weighted by Gasteiger charge is 2.17. The largest absolute Gasteiger partial charge is 0.444 e. The van der Waals surface area contributed by atoms with Gasteiger partial charge in [0.15, 0.2) is 0 Å². The van der Waals surface area contributed by atoms with Crippen LogP contribution in [0.15, 0.2) is 23.3 Å². The van der Waals surface area contributed by atoms with E-state index >= 15 is 0 Å². The molecule has 6 nitrogen and oxygen atoms in total. The second-order valence-corrected chi connectivity index (χ2v) is 6.64. The number of nitrogens with one attached hydrogen (secondary N) is 1. The van der Waals surface area contributed by atoms with Crippen molar-refractivity contribution in [2.75, 3.05) is 13.1 Å². The summed E-state index contributed by atoms with van der Waals surface area (Å²) in [7, 11) is 0. The van der Waals surface area contributed by atoms with E-state index < -0.39 is 11.7 Å². The van der Waals surface area contributed by atoms with Gasteiger partial charge in [-0.15, -0.1) is 0 Å². The fourth-order valence-electron chi connectivity index (χ4n) is 2.12. The van der Waals surface area contributed by atoms with E-state index in [1.54, 1.807) is 0 Å². The number of carbonyl (C=O) groups is 1. The van der Waals surface area contributed by atoms with Gasteiger partial charge in [0.2, 0.25) is 6.54 Å². The first-order valence-corrected chi connectivity index (χ1v) is 7.98. The average molecular weight is 326 g/mol. The lowest BCUT2D eigenvalue weighted by atomic mass is 9.95. The Morgan fingerprint density at radius 1 is 1.26 bits per heavy atom. The third kappa shape index (κ3) is 10.5. The number of rotatable bonds is 8. The Hall–Kier alpha value is -1.85. The van der Waals surface area contributed by atoms with Crippen molar-refractivity contribution in [3.8, 4) is 0 Å². The van der Waals surface area contributed by atoms with Crippen molar-refractivity contribution in [1.82, 2.24) is 5.32 Å². The number of nitro groups is 1. The van der Waals surface area contributed by atoms with Crippen LogP contribution in [0.1, 0.15) is 54.4 Å². The number of ether oxygens (including phenoxy) is 1. The number of carbonyl (C=O) groups excluding carboxylic acids is 1. The molecule has 0 rings (SSSR count). The molecule has 0 aliphatic carbocycles. The van der Waals surface area contributed by atoms with E-state index in [1.165, 1.54) is 0 Å².